The monoisotopic (exact) mass is 228 g/mol. The van der Waals surface area contributed by atoms with Gasteiger partial charge in [-0.2, -0.15) is 0 Å². The molecule has 0 aromatic carbocycles. The largest absolute Gasteiger partial charge is 0.462 e. The third-order valence-electron chi connectivity index (χ3n) is 2.70. The van der Waals surface area contributed by atoms with Crippen molar-refractivity contribution in [1.82, 2.24) is 10.2 Å². The van der Waals surface area contributed by atoms with Crippen LogP contribution in [0.3, 0.4) is 0 Å². The smallest absolute Gasteiger partial charge is 0.320 e. The van der Waals surface area contributed by atoms with Crippen LogP contribution < -0.4 is 5.32 Å². The molecular formula is C11H20N2O3. The summed E-state index contributed by atoms with van der Waals surface area (Å²) < 4.78 is 5.07. The van der Waals surface area contributed by atoms with Gasteiger partial charge in [0, 0.05) is 13.1 Å². The molecule has 1 saturated heterocycles. The fraction of sp³-hybridized carbons (Fsp3) is 0.818. The zero-order valence-corrected chi connectivity index (χ0v) is 10.4. The maximum Gasteiger partial charge on any atom is 0.320 e. The van der Waals surface area contributed by atoms with Crippen LogP contribution >= 0.6 is 0 Å². The Labute approximate surface area is 96.1 Å². The van der Waals surface area contributed by atoms with Crippen molar-refractivity contribution in [2.75, 3.05) is 19.6 Å². The molecule has 1 heterocycles. The minimum atomic E-state index is -0.645. The Kier molecular flexibility index (Phi) is 3.91. The van der Waals surface area contributed by atoms with Crippen LogP contribution in [0.15, 0.2) is 0 Å². The number of carbonyl (C=O) groups excluding carboxylic acids is 2. The van der Waals surface area contributed by atoms with Gasteiger partial charge in [-0.05, 0) is 27.7 Å². The lowest BCUT2D eigenvalue weighted by molar-refractivity contribution is -0.152. The molecule has 0 saturated carbocycles. The van der Waals surface area contributed by atoms with Gasteiger partial charge < -0.3 is 10.1 Å². The highest BCUT2D eigenvalue weighted by Gasteiger charge is 2.38. The van der Waals surface area contributed by atoms with Crippen molar-refractivity contribution in [3.05, 3.63) is 0 Å². The van der Waals surface area contributed by atoms with Crippen molar-refractivity contribution in [3.63, 3.8) is 0 Å². The number of rotatable bonds is 3. The van der Waals surface area contributed by atoms with Crippen molar-refractivity contribution in [1.29, 1.82) is 0 Å². The third kappa shape index (κ3) is 2.95. The first kappa shape index (κ1) is 13.0. The molecule has 1 fully saturated rings. The van der Waals surface area contributed by atoms with Crippen LogP contribution in [0.2, 0.25) is 0 Å². The van der Waals surface area contributed by atoms with Crippen LogP contribution in [0, 0.1) is 0 Å². The lowest BCUT2D eigenvalue weighted by Crippen LogP contribution is -2.62. The molecule has 0 aliphatic carbocycles. The van der Waals surface area contributed by atoms with Gasteiger partial charge >= 0.3 is 5.97 Å². The number of hydrogen-bond acceptors (Lipinski definition) is 4. The molecule has 1 aliphatic heterocycles. The highest BCUT2D eigenvalue weighted by Crippen LogP contribution is 2.17. The topological polar surface area (TPSA) is 58.6 Å². The molecule has 1 aliphatic rings. The predicted octanol–water partition coefficient (Wildman–Crippen LogP) is 0.148. The number of piperazine rings is 1. The van der Waals surface area contributed by atoms with Gasteiger partial charge in [-0.1, -0.05) is 0 Å². The lowest BCUT2D eigenvalue weighted by atomic mass is 9.99. The maximum atomic E-state index is 11.6. The molecular weight excluding hydrogens is 208 g/mol. The second-order valence-corrected chi connectivity index (χ2v) is 4.78. The Morgan fingerprint density at radius 3 is 2.75 bits per heavy atom. The summed E-state index contributed by atoms with van der Waals surface area (Å²) in [5.41, 5.74) is -0.645. The Hall–Kier alpha value is -1.10. The minimum Gasteiger partial charge on any atom is -0.462 e. The normalized spacial score (nSPS) is 20.7. The summed E-state index contributed by atoms with van der Waals surface area (Å²) in [4.78, 5) is 25.0. The summed E-state index contributed by atoms with van der Waals surface area (Å²) in [6.07, 6.45) is -0.116. The van der Waals surface area contributed by atoms with Crippen molar-refractivity contribution in [3.8, 4) is 0 Å². The van der Waals surface area contributed by atoms with Gasteiger partial charge in [0.1, 0.15) is 0 Å². The summed E-state index contributed by atoms with van der Waals surface area (Å²) in [5.74, 6) is -0.325. The van der Waals surface area contributed by atoms with Gasteiger partial charge in [-0.3, -0.25) is 14.5 Å². The maximum absolute atomic E-state index is 11.6. The molecule has 0 spiro atoms. The Morgan fingerprint density at radius 1 is 1.56 bits per heavy atom. The van der Waals surface area contributed by atoms with Gasteiger partial charge in [0.15, 0.2) is 0 Å². The van der Waals surface area contributed by atoms with E-state index in [0.29, 0.717) is 13.1 Å². The van der Waals surface area contributed by atoms with Gasteiger partial charge in [-0.15, -0.1) is 0 Å². The van der Waals surface area contributed by atoms with Crippen molar-refractivity contribution in [2.24, 2.45) is 0 Å². The number of hydrogen-bond donors (Lipinski definition) is 1. The van der Waals surface area contributed by atoms with E-state index in [0.717, 1.165) is 0 Å². The first-order valence-corrected chi connectivity index (χ1v) is 5.57. The second kappa shape index (κ2) is 4.82. The summed E-state index contributed by atoms with van der Waals surface area (Å²) in [5, 5.41) is 2.78. The molecule has 16 heavy (non-hydrogen) atoms. The fourth-order valence-electron chi connectivity index (χ4n) is 1.68. The zero-order chi connectivity index (χ0) is 12.3. The van der Waals surface area contributed by atoms with Crippen LogP contribution in [-0.4, -0.2) is 48.1 Å². The number of amides is 1. The number of nitrogens with one attached hydrogen (secondary N) is 1. The van der Waals surface area contributed by atoms with E-state index in [9.17, 15) is 9.59 Å². The second-order valence-electron chi connectivity index (χ2n) is 4.78. The Bertz CT molecular complexity index is 287. The quantitative estimate of drug-likeness (QED) is 0.698. The summed E-state index contributed by atoms with van der Waals surface area (Å²) >= 11 is 0. The number of ether oxygens (including phenoxy) is 1. The molecule has 92 valence electrons. The van der Waals surface area contributed by atoms with Crippen molar-refractivity contribution in [2.45, 2.75) is 39.3 Å². The summed E-state index contributed by atoms with van der Waals surface area (Å²) in [6, 6.07) is 0. The SMILES string of the molecule is CC(C)OC(=O)CN1CCNC(=O)C1(C)C. The van der Waals surface area contributed by atoms with Crippen LogP contribution in [0.25, 0.3) is 0 Å². The van der Waals surface area contributed by atoms with E-state index in [4.69, 9.17) is 4.74 Å². The van der Waals surface area contributed by atoms with E-state index in [-0.39, 0.29) is 24.5 Å². The molecule has 5 nitrogen and oxygen atoms in total. The first-order chi connectivity index (χ1) is 7.34. The van der Waals surface area contributed by atoms with Crippen LogP contribution in [0.4, 0.5) is 0 Å². The number of esters is 1. The summed E-state index contributed by atoms with van der Waals surface area (Å²) in [7, 11) is 0. The molecule has 0 bridgehead atoms. The number of nitrogens with zero attached hydrogens (tertiary/aromatic N) is 1. The average molecular weight is 228 g/mol. The molecule has 1 amide bonds. The van der Waals surface area contributed by atoms with Crippen molar-refractivity contribution >= 4 is 11.9 Å². The molecule has 5 heteroatoms. The molecule has 0 radical (unpaired) electrons. The van der Waals surface area contributed by atoms with Crippen LogP contribution in [0.5, 0.6) is 0 Å². The molecule has 0 aromatic rings. The van der Waals surface area contributed by atoms with E-state index in [1.54, 1.807) is 0 Å². The lowest BCUT2D eigenvalue weighted by Gasteiger charge is -2.40. The predicted molar refractivity (Wildman–Crippen MR) is 59.9 cm³/mol. The highest BCUT2D eigenvalue weighted by molar-refractivity contribution is 5.87. The average Bonchev–Trinajstić information content (AvgIpc) is 2.12. The minimum absolute atomic E-state index is 0.0453. The van der Waals surface area contributed by atoms with Crippen LogP contribution in [0.1, 0.15) is 27.7 Å². The molecule has 1 N–H and O–H groups in total. The van der Waals surface area contributed by atoms with Gasteiger partial charge in [0.2, 0.25) is 5.91 Å². The van der Waals surface area contributed by atoms with Gasteiger partial charge in [0.25, 0.3) is 0 Å². The van der Waals surface area contributed by atoms with Gasteiger partial charge in [-0.25, -0.2) is 0 Å². The molecule has 0 unspecified atom stereocenters. The van der Waals surface area contributed by atoms with Crippen LogP contribution in [-0.2, 0) is 14.3 Å². The summed E-state index contributed by atoms with van der Waals surface area (Å²) in [6.45, 7) is 8.66. The fourth-order valence-corrected chi connectivity index (χ4v) is 1.68. The molecule has 1 rings (SSSR count). The molecule has 0 aromatic heterocycles. The van der Waals surface area contributed by atoms with E-state index < -0.39 is 5.54 Å². The van der Waals surface area contributed by atoms with E-state index in [1.807, 2.05) is 32.6 Å². The number of carbonyl (C=O) groups is 2. The Morgan fingerprint density at radius 2 is 2.19 bits per heavy atom. The van der Waals surface area contributed by atoms with E-state index >= 15 is 0 Å². The van der Waals surface area contributed by atoms with E-state index in [2.05, 4.69) is 5.32 Å². The highest BCUT2D eigenvalue weighted by atomic mass is 16.5. The third-order valence-corrected chi connectivity index (χ3v) is 2.70. The zero-order valence-electron chi connectivity index (χ0n) is 10.4. The van der Waals surface area contributed by atoms with Crippen molar-refractivity contribution < 1.29 is 14.3 Å². The first-order valence-electron chi connectivity index (χ1n) is 5.57. The van der Waals surface area contributed by atoms with Gasteiger partial charge in [0.05, 0.1) is 18.2 Å². The molecule has 0 atom stereocenters. The Balaban J connectivity index is 2.59. The standard InChI is InChI=1S/C11H20N2O3/c1-8(2)16-9(14)7-13-6-5-12-10(15)11(13,3)4/h8H,5-7H2,1-4H3,(H,12,15). The van der Waals surface area contributed by atoms with E-state index in [1.165, 1.54) is 0 Å².